The maximum Gasteiger partial charge on any atom is 0.311 e. The molecule has 4 atom stereocenters. The van der Waals surface area contributed by atoms with E-state index in [1.165, 1.54) is 0 Å². The van der Waals surface area contributed by atoms with Crippen molar-refractivity contribution < 1.29 is 14.6 Å². The van der Waals surface area contributed by atoms with E-state index >= 15 is 0 Å². The van der Waals surface area contributed by atoms with Crippen molar-refractivity contribution in [1.29, 1.82) is 0 Å². The molecule has 3 nitrogen and oxygen atoms in total. The molecular formula is C9H16O3. The molecule has 0 saturated carbocycles. The Bertz CT molecular complexity index is 179. The number of ether oxygens (including phenoxy) is 1. The second-order valence-corrected chi connectivity index (χ2v) is 3.49. The summed E-state index contributed by atoms with van der Waals surface area (Å²) in [7, 11) is 0. The zero-order chi connectivity index (χ0) is 9.30. The summed E-state index contributed by atoms with van der Waals surface area (Å²) in [6, 6.07) is 0. The van der Waals surface area contributed by atoms with Crippen LogP contribution in [0.5, 0.6) is 0 Å². The Hall–Kier alpha value is -0.570. The third kappa shape index (κ3) is 1.46. The lowest BCUT2D eigenvalue weighted by Crippen LogP contribution is -2.46. The van der Waals surface area contributed by atoms with Crippen molar-refractivity contribution in [1.82, 2.24) is 0 Å². The Balaban J connectivity index is 2.72. The smallest absolute Gasteiger partial charge is 0.311 e. The monoisotopic (exact) mass is 172 g/mol. The molecule has 3 heteroatoms. The van der Waals surface area contributed by atoms with Crippen LogP contribution in [0.1, 0.15) is 27.2 Å². The lowest BCUT2D eigenvalue weighted by atomic mass is 9.84. The number of rotatable bonds is 1. The van der Waals surface area contributed by atoms with Crippen molar-refractivity contribution in [2.75, 3.05) is 0 Å². The molecule has 0 spiro atoms. The van der Waals surface area contributed by atoms with E-state index in [9.17, 15) is 9.90 Å². The van der Waals surface area contributed by atoms with Gasteiger partial charge in [-0.3, -0.25) is 4.79 Å². The predicted molar refractivity (Wildman–Crippen MR) is 44.5 cm³/mol. The van der Waals surface area contributed by atoms with E-state index in [4.69, 9.17) is 4.74 Å². The topological polar surface area (TPSA) is 46.5 Å². The summed E-state index contributed by atoms with van der Waals surface area (Å²) in [6.45, 7) is 5.54. The van der Waals surface area contributed by atoms with Crippen LogP contribution in [-0.4, -0.2) is 23.3 Å². The van der Waals surface area contributed by atoms with Gasteiger partial charge in [0.1, 0.15) is 6.10 Å². The number of aliphatic hydroxyl groups is 1. The molecule has 0 aromatic rings. The largest absolute Gasteiger partial charge is 0.462 e. The quantitative estimate of drug-likeness (QED) is 0.599. The maximum absolute atomic E-state index is 11.1. The predicted octanol–water partition coefficient (Wildman–Crippen LogP) is 0.955. The molecule has 1 aliphatic rings. The van der Waals surface area contributed by atoms with E-state index in [-0.39, 0.29) is 23.9 Å². The number of carbonyl (C=O) groups is 1. The lowest BCUT2D eigenvalue weighted by Gasteiger charge is -2.35. The fraction of sp³-hybridized carbons (Fsp3) is 0.889. The fourth-order valence-electron chi connectivity index (χ4n) is 1.74. The Labute approximate surface area is 72.7 Å². The third-order valence-electron chi connectivity index (χ3n) is 2.70. The van der Waals surface area contributed by atoms with Crippen LogP contribution in [0.15, 0.2) is 0 Å². The molecular weight excluding hydrogens is 156 g/mol. The molecule has 0 amide bonds. The highest BCUT2D eigenvalue weighted by Gasteiger charge is 2.39. The highest BCUT2D eigenvalue weighted by molar-refractivity contribution is 5.73. The average Bonchev–Trinajstić information content (AvgIpc) is 2.01. The molecule has 70 valence electrons. The molecule has 0 aromatic heterocycles. The molecule has 0 aliphatic carbocycles. The highest BCUT2D eigenvalue weighted by atomic mass is 16.5. The Morgan fingerprint density at radius 3 is 2.58 bits per heavy atom. The molecule has 0 aromatic carbocycles. The van der Waals surface area contributed by atoms with Crippen molar-refractivity contribution >= 4 is 5.97 Å². The summed E-state index contributed by atoms with van der Waals surface area (Å²) in [4.78, 5) is 11.1. The van der Waals surface area contributed by atoms with Crippen LogP contribution < -0.4 is 0 Å². The maximum atomic E-state index is 11.1. The van der Waals surface area contributed by atoms with Gasteiger partial charge in [-0.25, -0.2) is 0 Å². The number of esters is 1. The van der Waals surface area contributed by atoms with Gasteiger partial charge < -0.3 is 9.84 Å². The van der Waals surface area contributed by atoms with Gasteiger partial charge in [0.05, 0.1) is 12.0 Å². The normalized spacial score (nSPS) is 42.5. The van der Waals surface area contributed by atoms with E-state index in [0.717, 1.165) is 6.42 Å². The number of cyclic esters (lactones) is 1. The number of hydrogen-bond donors (Lipinski definition) is 1. The summed E-state index contributed by atoms with van der Waals surface area (Å²) >= 11 is 0. The van der Waals surface area contributed by atoms with Gasteiger partial charge in [-0.1, -0.05) is 6.92 Å². The van der Waals surface area contributed by atoms with Crippen LogP contribution in [0.3, 0.4) is 0 Å². The van der Waals surface area contributed by atoms with Gasteiger partial charge in [0, 0.05) is 5.92 Å². The third-order valence-corrected chi connectivity index (χ3v) is 2.70. The van der Waals surface area contributed by atoms with E-state index < -0.39 is 6.10 Å². The van der Waals surface area contributed by atoms with Gasteiger partial charge in [-0.2, -0.15) is 0 Å². The first-order chi connectivity index (χ1) is 5.57. The first-order valence-corrected chi connectivity index (χ1v) is 4.46. The summed E-state index contributed by atoms with van der Waals surface area (Å²) in [5.74, 6) is -0.552. The van der Waals surface area contributed by atoms with Crippen LogP contribution in [0, 0.1) is 11.8 Å². The summed E-state index contributed by atoms with van der Waals surface area (Å²) in [6.07, 6.45) is 0.167. The minimum absolute atomic E-state index is 0.0951. The van der Waals surface area contributed by atoms with Gasteiger partial charge in [-0.15, -0.1) is 0 Å². The van der Waals surface area contributed by atoms with Gasteiger partial charge in [-0.05, 0) is 20.3 Å². The van der Waals surface area contributed by atoms with Crippen LogP contribution in [0.25, 0.3) is 0 Å². The Morgan fingerprint density at radius 1 is 1.50 bits per heavy atom. The molecule has 1 N–H and O–H groups in total. The molecule has 0 bridgehead atoms. The van der Waals surface area contributed by atoms with E-state index in [0.29, 0.717) is 0 Å². The highest BCUT2D eigenvalue weighted by Crippen LogP contribution is 2.28. The van der Waals surface area contributed by atoms with E-state index in [1.807, 2.05) is 13.8 Å². The van der Waals surface area contributed by atoms with Crippen LogP contribution in [0.4, 0.5) is 0 Å². The van der Waals surface area contributed by atoms with Gasteiger partial charge in [0.25, 0.3) is 0 Å². The number of aliphatic hydroxyl groups excluding tert-OH is 1. The fourth-order valence-corrected chi connectivity index (χ4v) is 1.74. The van der Waals surface area contributed by atoms with Crippen LogP contribution in [-0.2, 0) is 9.53 Å². The molecule has 1 rings (SSSR count). The van der Waals surface area contributed by atoms with Crippen LogP contribution >= 0.6 is 0 Å². The first kappa shape index (κ1) is 9.52. The Kier molecular flexibility index (Phi) is 2.73. The van der Waals surface area contributed by atoms with E-state index in [1.54, 1.807) is 6.92 Å². The molecule has 1 heterocycles. The summed E-state index contributed by atoms with van der Waals surface area (Å²) < 4.78 is 5.07. The Morgan fingerprint density at radius 2 is 2.08 bits per heavy atom. The zero-order valence-electron chi connectivity index (χ0n) is 7.78. The number of hydrogen-bond acceptors (Lipinski definition) is 3. The minimum atomic E-state index is -0.536. The minimum Gasteiger partial charge on any atom is -0.462 e. The first-order valence-electron chi connectivity index (χ1n) is 4.46. The van der Waals surface area contributed by atoms with Crippen molar-refractivity contribution in [3.63, 3.8) is 0 Å². The van der Waals surface area contributed by atoms with Crippen molar-refractivity contribution in [2.24, 2.45) is 11.8 Å². The summed E-state index contributed by atoms with van der Waals surface area (Å²) in [5, 5.41) is 9.68. The average molecular weight is 172 g/mol. The van der Waals surface area contributed by atoms with Crippen molar-refractivity contribution in [3.05, 3.63) is 0 Å². The standard InChI is InChI=1S/C9H16O3/c1-4-7-6(3)12-9(11)5(2)8(7)10/h5-8,10H,4H2,1-3H3/t5-,6-,7?,8-/m1/s1. The second-order valence-electron chi connectivity index (χ2n) is 3.49. The summed E-state index contributed by atoms with van der Waals surface area (Å²) in [5.41, 5.74) is 0. The van der Waals surface area contributed by atoms with Crippen LogP contribution in [0.2, 0.25) is 0 Å². The molecule has 1 saturated heterocycles. The lowest BCUT2D eigenvalue weighted by molar-refractivity contribution is -0.176. The second kappa shape index (κ2) is 3.44. The van der Waals surface area contributed by atoms with Crippen molar-refractivity contribution in [3.8, 4) is 0 Å². The molecule has 0 radical (unpaired) electrons. The van der Waals surface area contributed by atoms with E-state index in [2.05, 4.69) is 0 Å². The molecule has 1 aliphatic heterocycles. The number of carbonyl (C=O) groups excluding carboxylic acids is 1. The van der Waals surface area contributed by atoms with Gasteiger partial charge >= 0.3 is 5.97 Å². The molecule has 12 heavy (non-hydrogen) atoms. The van der Waals surface area contributed by atoms with Gasteiger partial charge in [0.15, 0.2) is 0 Å². The SMILES string of the molecule is CCC1[C@@H](C)OC(=O)[C@H](C)[C@H]1O. The van der Waals surface area contributed by atoms with Gasteiger partial charge in [0.2, 0.25) is 0 Å². The zero-order valence-corrected chi connectivity index (χ0v) is 7.78. The molecule has 1 unspecified atom stereocenters. The molecule has 1 fully saturated rings. The van der Waals surface area contributed by atoms with Crippen molar-refractivity contribution in [2.45, 2.75) is 39.4 Å².